The number of nitrogens with one attached hydrogen (secondary N) is 1. The van der Waals surface area contributed by atoms with Crippen LogP contribution in [0.1, 0.15) is 19.3 Å². The molecular formula is C12H17BrN2O3S. The number of rotatable bonds is 6. The smallest absolute Gasteiger partial charge is 0.241 e. The van der Waals surface area contributed by atoms with Gasteiger partial charge in [0.15, 0.2) is 0 Å². The molecule has 7 heteroatoms. The van der Waals surface area contributed by atoms with Crippen LogP contribution in [-0.4, -0.2) is 26.7 Å². The molecule has 0 heterocycles. The number of benzene rings is 1. The Morgan fingerprint density at radius 2 is 2.11 bits per heavy atom. The molecular weight excluding hydrogens is 332 g/mol. The van der Waals surface area contributed by atoms with E-state index in [2.05, 4.69) is 20.7 Å². The summed E-state index contributed by atoms with van der Waals surface area (Å²) in [6.45, 7) is 0.445. The Kier molecular flexibility index (Phi) is 4.20. The summed E-state index contributed by atoms with van der Waals surface area (Å²) in [5.41, 5.74) is 5.96. The number of aliphatic hydroxyl groups excluding tert-OH is 1. The second-order valence-corrected chi connectivity index (χ2v) is 7.58. The van der Waals surface area contributed by atoms with Gasteiger partial charge in [-0.3, -0.25) is 0 Å². The molecule has 0 spiro atoms. The minimum atomic E-state index is -3.58. The molecule has 1 aliphatic carbocycles. The van der Waals surface area contributed by atoms with Gasteiger partial charge in [-0.1, -0.05) is 0 Å². The first-order valence-corrected chi connectivity index (χ1v) is 8.32. The average Bonchev–Trinajstić information content (AvgIpc) is 3.11. The minimum absolute atomic E-state index is 0.0609. The van der Waals surface area contributed by atoms with E-state index < -0.39 is 10.0 Å². The predicted molar refractivity (Wildman–Crippen MR) is 77.1 cm³/mol. The van der Waals surface area contributed by atoms with E-state index in [0.717, 1.165) is 12.8 Å². The van der Waals surface area contributed by atoms with E-state index >= 15 is 0 Å². The molecule has 5 nitrogen and oxygen atoms in total. The molecule has 0 amide bonds. The molecule has 0 atom stereocenters. The van der Waals surface area contributed by atoms with Crippen molar-refractivity contribution in [1.29, 1.82) is 0 Å². The number of hydrogen-bond acceptors (Lipinski definition) is 4. The van der Waals surface area contributed by atoms with E-state index in [1.807, 2.05) is 0 Å². The SMILES string of the molecule is Nc1ccc(Br)c(S(=O)(=O)NCC2(CCO)CC2)c1. The topological polar surface area (TPSA) is 92.4 Å². The van der Waals surface area contributed by atoms with E-state index in [4.69, 9.17) is 10.8 Å². The summed E-state index contributed by atoms with van der Waals surface area (Å²) in [5.74, 6) is 0. The molecule has 0 aliphatic heterocycles. The summed E-state index contributed by atoms with van der Waals surface area (Å²) in [5, 5.41) is 8.97. The maximum absolute atomic E-state index is 12.2. The van der Waals surface area contributed by atoms with Crippen molar-refractivity contribution in [2.45, 2.75) is 24.2 Å². The maximum atomic E-state index is 12.2. The van der Waals surface area contributed by atoms with Crippen LogP contribution < -0.4 is 10.5 Å². The Balaban J connectivity index is 2.12. The van der Waals surface area contributed by atoms with Gasteiger partial charge >= 0.3 is 0 Å². The van der Waals surface area contributed by atoms with Crippen LogP contribution in [-0.2, 0) is 10.0 Å². The first kappa shape index (κ1) is 14.8. The van der Waals surface area contributed by atoms with Crippen LogP contribution in [0.3, 0.4) is 0 Å². The zero-order valence-electron chi connectivity index (χ0n) is 10.4. The van der Waals surface area contributed by atoms with E-state index in [1.165, 1.54) is 6.07 Å². The quantitative estimate of drug-likeness (QED) is 0.678. The Hall–Kier alpha value is -0.630. The first-order chi connectivity index (χ1) is 8.88. The third-order valence-corrected chi connectivity index (χ3v) is 5.88. The van der Waals surface area contributed by atoms with Crippen LogP contribution in [0.25, 0.3) is 0 Å². The van der Waals surface area contributed by atoms with Gasteiger partial charge in [-0.2, -0.15) is 0 Å². The largest absolute Gasteiger partial charge is 0.399 e. The molecule has 106 valence electrons. The lowest BCUT2D eigenvalue weighted by molar-refractivity contribution is 0.249. The number of nitrogen functional groups attached to an aromatic ring is 1. The third-order valence-electron chi connectivity index (χ3n) is 3.48. The molecule has 1 aliphatic rings. The van der Waals surface area contributed by atoms with Crippen molar-refractivity contribution in [1.82, 2.24) is 4.72 Å². The number of hydrogen-bond donors (Lipinski definition) is 3. The molecule has 0 unspecified atom stereocenters. The monoisotopic (exact) mass is 348 g/mol. The molecule has 0 bridgehead atoms. The van der Waals surface area contributed by atoms with Crippen molar-refractivity contribution in [3.63, 3.8) is 0 Å². The first-order valence-electron chi connectivity index (χ1n) is 6.04. The van der Waals surface area contributed by atoms with Crippen molar-refractivity contribution >= 4 is 31.6 Å². The highest BCUT2D eigenvalue weighted by Gasteiger charge is 2.42. The lowest BCUT2D eigenvalue weighted by Gasteiger charge is -2.15. The van der Waals surface area contributed by atoms with Gasteiger partial charge < -0.3 is 10.8 Å². The van der Waals surface area contributed by atoms with Crippen LogP contribution in [0.15, 0.2) is 27.6 Å². The number of sulfonamides is 1. The summed E-state index contributed by atoms with van der Waals surface area (Å²) >= 11 is 3.22. The summed E-state index contributed by atoms with van der Waals surface area (Å²) in [7, 11) is -3.58. The Morgan fingerprint density at radius 3 is 2.68 bits per heavy atom. The normalized spacial score (nSPS) is 17.4. The van der Waals surface area contributed by atoms with Gasteiger partial charge in [0.05, 0.1) is 4.90 Å². The van der Waals surface area contributed by atoms with Crippen molar-refractivity contribution < 1.29 is 13.5 Å². The van der Waals surface area contributed by atoms with Crippen LogP contribution in [0.2, 0.25) is 0 Å². The van der Waals surface area contributed by atoms with Crippen LogP contribution in [0.5, 0.6) is 0 Å². The summed E-state index contributed by atoms with van der Waals surface area (Å²) in [6, 6.07) is 4.68. The Bertz CT molecular complexity index is 570. The molecule has 1 aromatic rings. The number of halogens is 1. The van der Waals surface area contributed by atoms with E-state index in [0.29, 0.717) is 23.1 Å². The average molecular weight is 349 g/mol. The molecule has 19 heavy (non-hydrogen) atoms. The second kappa shape index (κ2) is 5.40. The third kappa shape index (κ3) is 3.47. The van der Waals surface area contributed by atoms with E-state index in [9.17, 15) is 8.42 Å². The fourth-order valence-corrected chi connectivity index (χ4v) is 4.13. The number of nitrogens with two attached hydrogens (primary N) is 1. The zero-order chi connectivity index (χ0) is 14.1. The molecule has 1 aromatic carbocycles. The Labute approximate surface area is 121 Å². The van der Waals surface area contributed by atoms with Gasteiger partial charge in [-0.25, -0.2) is 13.1 Å². The molecule has 4 N–H and O–H groups in total. The summed E-state index contributed by atoms with van der Waals surface area (Å²) < 4.78 is 27.5. The summed E-state index contributed by atoms with van der Waals surface area (Å²) in [4.78, 5) is 0.146. The van der Waals surface area contributed by atoms with Gasteiger partial charge in [0.2, 0.25) is 10.0 Å². The van der Waals surface area contributed by atoms with Crippen molar-refractivity contribution in [3.05, 3.63) is 22.7 Å². The van der Waals surface area contributed by atoms with E-state index in [1.54, 1.807) is 12.1 Å². The molecule has 2 rings (SSSR count). The van der Waals surface area contributed by atoms with Gasteiger partial charge in [0.25, 0.3) is 0 Å². The Morgan fingerprint density at radius 1 is 1.42 bits per heavy atom. The highest BCUT2D eigenvalue weighted by molar-refractivity contribution is 9.10. The van der Waals surface area contributed by atoms with Gasteiger partial charge in [-0.15, -0.1) is 0 Å². The predicted octanol–water partition coefficient (Wildman–Crippen LogP) is 1.47. The van der Waals surface area contributed by atoms with Crippen LogP contribution >= 0.6 is 15.9 Å². The zero-order valence-corrected chi connectivity index (χ0v) is 12.8. The highest BCUT2D eigenvalue weighted by atomic mass is 79.9. The molecule has 1 saturated carbocycles. The standard InChI is InChI=1S/C12H17BrN2O3S/c13-10-2-1-9(14)7-11(10)19(17,18)15-8-12(3-4-12)5-6-16/h1-2,7,15-16H,3-6,8,14H2. The summed E-state index contributed by atoms with van der Waals surface area (Å²) in [6.07, 6.45) is 2.54. The highest BCUT2D eigenvalue weighted by Crippen LogP contribution is 2.48. The fourth-order valence-electron chi connectivity index (χ4n) is 1.98. The molecule has 0 saturated heterocycles. The van der Waals surface area contributed by atoms with Crippen molar-refractivity contribution in [2.75, 3.05) is 18.9 Å². The lowest BCUT2D eigenvalue weighted by atomic mass is 10.0. The molecule has 0 aromatic heterocycles. The maximum Gasteiger partial charge on any atom is 0.241 e. The number of anilines is 1. The lowest BCUT2D eigenvalue weighted by Crippen LogP contribution is -2.31. The molecule has 0 radical (unpaired) electrons. The van der Waals surface area contributed by atoms with Gasteiger partial charge in [0.1, 0.15) is 0 Å². The van der Waals surface area contributed by atoms with Gasteiger partial charge in [-0.05, 0) is 58.8 Å². The number of aliphatic hydroxyl groups is 1. The van der Waals surface area contributed by atoms with Gasteiger partial charge in [0, 0.05) is 23.3 Å². The van der Waals surface area contributed by atoms with Crippen molar-refractivity contribution in [2.24, 2.45) is 5.41 Å². The van der Waals surface area contributed by atoms with Crippen LogP contribution in [0.4, 0.5) is 5.69 Å². The minimum Gasteiger partial charge on any atom is -0.399 e. The second-order valence-electron chi connectivity index (χ2n) is 4.99. The fraction of sp³-hybridized carbons (Fsp3) is 0.500. The van der Waals surface area contributed by atoms with Crippen molar-refractivity contribution in [3.8, 4) is 0 Å². The van der Waals surface area contributed by atoms with Crippen LogP contribution in [0, 0.1) is 5.41 Å². The van der Waals surface area contributed by atoms with E-state index in [-0.39, 0.29) is 16.9 Å². The molecule has 1 fully saturated rings.